The van der Waals surface area contributed by atoms with Crippen molar-refractivity contribution >= 4 is 33.3 Å². The molecule has 0 radical (unpaired) electrons. The number of anilines is 1. The van der Waals surface area contributed by atoms with Crippen LogP contribution in [0, 0.1) is 0 Å². The number of nitrogens with zero attached hydrogens (tertiary/aromatic N) is 2. The largest absolute Gasteiger partial charge is 0.375 e. The summed E-state index contributed by atoms with van der Waals surface area (Å²) in [5.41, 5.74) is -0.000776. The maximum Gasteiger partial charge on any atom is 0.148 e. The zero-order valence-electron chi connectivity index (χ0n) is 11.2. The molecule has 1 N–H and O–H groups in total. The second-order valence-electron chi connectivity index (χ2n) is 4.90. The van der Waals surface area contributed by atoms with Crippen molar-refractivity contribution in [1.29, 1.82) is 0 Å². The molecule has 1 aromatic heterocycles. The first-order valence-electron chi connectivity index (χ1n) is 6.66. The molecule has 0 amide bonds. The number of rotatable bonds is 4. The molecule has 1 aliphatic rings. The smallest absolute Gasteiger partial charge is 0.148 e. The second-order valence-corrected chi connectivity index (χ2v) is 6.05. The Morgan fingerprint density at radius 1 is 1.47 bits per heavy atom. The maximum absolute atomic E-state index is 5.98. The highest BCUT2D eigenvalue weighted by Crippen LogP contribution is 2.34. The van der Waals surface area contributed by atoms with Crippen LogP contribution in [0.1, 0.15) is 39.5 Å². The summed E-state index contributed by atoms with van der Waals surface area (Å²) < 4.78 is 6.70. The van der Waals surface area contributed by atoms with E-state index in [0.29, 0.717) is 11.2 Å². The molecule has 1 saturated heterocycles. The van der Waals surface area contributed by atoms with Crippen LogP contribution in [0.3, 0.4) is 0 Å². The Morgan fingerprint density at radius 2 is 2.21 bits per heavy atom. The molecule has 2 rings (SSSR count). The van der Waals surface area contributed by atoms with E-state index in [9.17, 15) is 0 Å². The number of hydrogen-bond acceptors (Lipinski definition) is 4. The van der Waals surface area contributed by atoms with Gasteiger partial charge in [0, 0.05) is 12.6 Å². The average molecular weight is 349 g/mol. The molecular formula is C13H19BrClN3O. The second kappa shape index (κ2) is 6.37. The number of halogens is 2. The van der Waals surface area contributed by atoms with Gasteiger partial charge < -0.3 is 10.1 Å². The minimum atomic E-state index is -0.000776. The first-order chi connectivity index (χ1) is 9.10. The first-order valence-corrected chi connectivity index (χ1v) is 7.84. The molecule has 19 heavy (non-hydrogen) atoms. The lowest BCUT2D eigenvalue weighted by atomic mass is 9.86. The zero-order chi connectivity index (χ0) is 13.9. The molecule has 4 nitrogen and oxygen atoms in total. The van der Waals surface area contributed by atoms with Gasteiger partial charge in [0.15, 0.2) is 0 Å². The number of ether oxygens (including phenoxy) is 1. The summed E-state index contributed by atoms with van der Waals surface area (Å²) in [5.74, 6) is 0.757. The quantitative estimate of drug-likeness (QED) is 0.834. The summed E-state index contributed by atoms with van der Waals surface area (Å²) in [6.07, 6.45) is 5.52. The van der Waals surface area contributed by atoms with E-state index < -0.39 is 0 Å². The van der Waals surface area contributed by atoms with Gasteiger partial charge in [-0.2, -0.15) is 0 Å². The SMILES string of the molecule is CCC1(CC)CC(Nc2ncnc(Cl)c2Br)CCO1. The lowest BCUT2D eigenvalue weighted by Crippen LogP contribution is -2.43. The highest BCUT2D eigenvalue weighted by Gasteiger charge is 2.34. The molecule has 0 aliphatic carbocycles. The van der Waals surface area contributed by atoms with Crippen LogP contribution >= 0.6 is 27.5 Å². The molecule has 1 aliphatic heterocycles. The minimum absolute atomic E-state index is 0.000776. The summed E-state index contributed by atoms with van der Waals surface area (Å²) in [5, 5.41) is 3.88. The molecule has 1 fully saturated rings. The molecule has 1 unspecified atom stereocenters. The highest BCUT2D eigenvalue weighted by molar-refractivity contribution is 9.10. The van der Waals surface area contributed by atoms with Crippen LogP contribution < -0.4 is 5.32 Å². The summed E-state index contributed by atoms with van der Waals surface area (Å²) in [7, 11) is 0. The first kappa shape index (κ1) is 15.0. The zero-order valence-corrected chi connectivity index (χ0v) is 13.6. The Kier molecular flexibility index (Phi) is 5.03. The molecule has 0 spiro atoms. The van der Waals surface area contributed by atoms with Gasteiger partial charge in [-0.1, -0.05) is 25.4 Å². The van der Waals surface area contributed by atoms with Crippen molar-refractivity contribution in [3.05, 3.63) is 16.0 Å². The lowest BCUT2D eigenvalue weighted by molar-refractivity contribution is -0.0864. The van der Waals surface area contributed by atoms with Gasteiger partial charge in [-0.15, -0.1) is 0 Å². The summed E-state index contributed by atoms with van der Waals surface area (Å²) in [6.45, 7) is 5.16. The number of nitrogens with one attached hydrogen (secondary N) is 1. The summed E-state index contributed by atoms with van der Waals surface area (Å²) in [4.78, 5) is 8.17. The Morgan fingerprint density at radius 3 is 2.89 bits per heavy atom. The fourth-order valence-electron chi connectivity index (χ4n) is 2.54. The summed E-state index contributed by atoms with van der Waals surface area (Å²) >= 11 is 9.40. The molecule has 0 saturated carbocycles. The van der Waals surface area contributed by atoms with Gasteiger partial charge in [0.2, 0.25) is 0 Å². The van der Waals surface area contributed by atoms with Crippen LogP contribution in [-0.4, -0.2) is 28.2 Å². The monoisotopic (exact) mass is 347 g/mol. The number of aromatic nitrogens is 2. The van der Waals surface area contributed by atoms with E-state index in [-0.39, 0.29) is 5.60 Å². The fraction of sp³-hybridized carbons (Fsp3) is 0.692. The minimum Gasteiger partial charge on any atom is -0.375 e. The molecular weight excluding hydrogens is 330 g/mol. The Bertz CT molecular complexity index is 440. The van der Waals surface area contributed by atoms with Crippen molar-refractivity contribution in [3.8, 4) is 0 Å². The Labute approximate surface area is 127 Å². The van der Waals surface area contributed by atoms with Crippen molar-refractivity contribution in [2.24, 2.45) is 0 Å². The molecule has 106 valence electrons. The third kappa shape index (κ3) is 3.38. The predicted octanol–water partition coefficient (Wildman–Crippen LogP) is 4.04. The van der Waals surface area contributed by atoms with Gasteiger partial charge in [0.25, 0.3) is 0 Å². The predicted molar refractivity (Wildman–Crippen MR) is 80.7 cm³/mol. The van der Waals surface area contributed by atoms with Crippen molar-refractivity contribution in [2.45, 2.75) is 51.2 Å². The van der Waals surface area contributed by atoms with Crippen LogP contribution in [0.5, 0.6) is 0 Å². The van der Waals surface area contributed by atoms with E-state index >= 15 is 0 Å². The van der Waals surface area contributed by atoms with E-state index in [0.717, 1.165) is 42.6 Å². The van der Waals surface area contributed by atoms with E-state index in [4.69, 9.17) is 16.3 Å². The van der Waals surface area contributed by atoms with E-state index in [1.165, 1.54) is 6.33 Å². The Hall–Kier alpha value is -0.390. The third-order valence-electron chi connectivity index (χ3n) is 3.87. The molecule has 6 heteroatoms. The van der Waals surface area contributed by atoms with Gasteiger partial charge in [0.1, 0.15) is 17.3 Å². The van der Waals surface area contributed by atoms with Gasteiger partial charge in [-0.25, -0.2) is 9.97 Å². The van der Waals surface area contributed by atoms with E-state index in [1.807, 2.05) is 0 Å². The van der Waals surface area contributed by atoms with Gasteiger partial charge in [-0.3, -0.25) is 0 Å². The average Bonchev–Trinajstić information content (AvgIpc) is 2.44. The van der Waals surface area contributed by atoms with Gasteiger partial charge in [-0.05, 0) is 41.6 Å². The molecule has 0 aromatic carbocycles. The molecule has 1 atom stereocenters. The van der Waals surface area contributed by atoms with E-state index in [1.54, 1.807) is 0 Å². The fourth-order valence-corrected chi connectivity index (χ4v) is 2.99. The number of hydrogen-bond donors (Lipinski definition) is 1. The van der Waals surface area contributed by atoms with Crippen LogP contribution in [0.2, 0.25) is 5.15 Å². The van der Waals surface area contributed by atoms with Crippen LogP contribution in [-0.2, 0) is 4.74 Å². The standard InChI is InChI=1S/C13H19BrClN3O/c1-3-13(4-2)7-9(5-6-19-13)18-12-10(14)11(15)16-8-17-12/h8-9H,3-7H2,1-2H3,(H,16,17,18). The van der Waals surface area contributed by atoms with Crippen molar-refractivity contribution in [2.75, 3.05) is 11.9 Å². The lowest BCUT2D eigenvalue weighted by Gasteiger charge is -2.40. The van der Waals surface area contributed by atoms with Gasteiger partial charge in [0.05, 0.1) is 10.1 Å². The maximum atomic E-state index is 5.98. The molecule has 0 bridgehead atoms. The van der Waals surface area contributed by atoms with Crippen LogP contribution in [0.4, 0.5) is 5.82 Å². The third-order valence-corrected chi connectivity index (χ3v) is 5.14. The van der Waals surface area contributed by atoms with E-state index in [2.05, 4.69) is 45.1 Å². The normalized spacial score (nSPS) is 22.2. The Balaban J connectivity index is 2.09. The van der Waals surface area contributed by atoms with Crippen molar-refractivity contribution in [3.63, 3.8) is 0 Å². The van der Waals surface area contributed by atoms with Crippen molar-refractivity contribution in [1.82, 2.24) is 9.97 Å². The summed E-state index contributed by atoms with van der Waals surface area (Å²) in [6, 6.07) is 0.357. The molecule has 2 heterocycles. The highest BCUT2D eigenvalue weighted by atomic mass is 79.9. The topological polar surface area (TPSA) is 47.0 Å². The molecule has 1 aromatic rings. The van der Waals surface area contributed by atoms with Gasteiger partial charge >= 0.3 is 0 Å². The van der Waals surface area contributed by atoms with Crippen LogP contribution in [0.15, 0.2) is 10.8 Å². The van der Waals surface area contributed by atoms with Crippen molar-refractivity contribution < 1.29 is 4.74 Å². The van der Waals surface area contributed by atoms with Crippen LogP contribution in [0.25, 0.3) is 0 Å².